The standard InChI is InChI=1S/C13H23NO2Si2/c1-17(2)9-8-13(16-18(17,3)4)15-12-7-5-6-11(14)10-12/h5-7,10,13H,8-9,14H2,1-4H3. The van der Waals surface area contributed by atoms with Gasteiger partial charge in [-0.3, -0.25) is 0 Å². The molecule has 1 atom stereocenters. The van der Waals surface area contributed by atoms with Crippen molar-refractivity contribution in [2.24, 2.45) is 0 Å². The van der Waals surface area contributed by atoms with Crippen LogP contribution in [-0.4, -0.2) is 21.7 Å². The number of anilines is 1. The van der Waals surface area contributed by atoms with Gasteiger partial charge in [-0.25, -0.2) is 0 Å². The van der Waals surface area contributed by atoms with Gasteiger partial charge in [-0.1, -0.05) is 25.2 Å². The SMILES string of the molecule is C[Si]1(C)CCC(Oc2cccc(N)c2)O[Si]1(C)C. The summed E-state index contributed by atoms with van der Waals surface area (Å²) in [5.74, 6) is 0.811. The Kier molecular flexibility index (Phi) is 3.57. The number of nitrogen functional groups attached to an aromatic ring is 1. The lowest BCUT2D eigenvalue weighted by Gasteiger charge is -2.45. The predicted octanol–water partition coefficient (Wildman–Crippen LogP) is 3.39. The smallest absolute Gasteiger partial charge is 0.190 e. The molecule has 0 bridgehead atoms. The number of hydrogen-bond donors (Lipinski definition) is 1. The molecule has 1 aliphatic rings. The highest BCUT2D eigenvalue weighted by molar-refractivity contribution is 7.38. The van der Waals surface area contributed by atoms with E-state index in [-0.39, 0.29) is 6.29 Å². The molecule has 2 N–H and O–H groups in total. The van der Waals surface area contributed by atoms with Gasteiger partial charge in [-0.15, -0.1) is 0 Å². The molecular formula is C13H23NO2Si2. The molecule has 0 spiro atoms. The molecule has 1 fully saturated rings. The highest BCUT2D eigenvalue weighted by atomic mass is 29.3. The maximum atomic E-state index is 6.27. The number of rotatable bonds is 2. The summed E-state index contributed by atoms with van der Waals surface area (Å²) in [7, 11) is -2.74. The third-order valence-corrected chi connectivity index (χ3v) is 20.7. The molecule has 0 amide bonds. The molecule has 1 saturated heterocycles. The molecule has 18 heavy (non-hydrogen) atoms. The summed E-state index contributed by atoms with van der Waals surface area (Å²) in [4.78, 5) is 0. The molecule has 5 heteroatoms. The molecule has 0 saturated carbocycles. The van der Waals surface area contributed by atoms with Gasteiger partial charge in [-0.05, 0) is 25.2 Å². The van der Waals surface area contributed by atoms with Gasteiger partial charge in [0.25, 0.3) is 0 Å². The largest absolute Gasteiger partial charge is 0.466 e. The number of ether oxygens (including phenoxy) is 1. The van der Waals surface area contributed by atoms with Gasteiger partial charge in [0.15, 0.2) is 14.1 Å². The van der Waals surface area contributed by atoms with Crippen LogP contribution in [0.4, 0.5) is 5.69 Å². The molecule has 0 aromatic heterocycles. The fourth-order valence-electron chi connectivity index (χ4n) is 2.15. The van der Waals surface area contributed by atoms with E-state index in [0.717, 1.165) is 17.9 Å². The first-order valence-corrected chi connectivity index (χ1v) is 13.6. The molecule has 1 aliphatic heterocycles. The molecule has 1 heterocycles. The molecule has 2 rings (SSSR count). The summed E-state index contributed by atoms with van der Waals surface area (Å²) in [6.07, 6.45) is 0.916. The molecular weight excluding hydrogens is 258 g/mol. The summed E-state index contributed by atoms with van der Waals surface area (Å²) in [6, 6.07) is 8.86. The average Bonchev–Trinajstić information content (AvgIpc) is 2.24. The Morgan fingerprint density at radius 1 is 1.28 bits per heavy atom. The van der Waals surface area contributed by atoms with Crippen LogP contribution < -0.4 is 10.5 Å². The van der Waals surface area contributed by atoms with E-state index in [0.29, 0.717) is 0 Å². The first-order valence-electron chi connectivity index (χ1n) is 6.50. The Bertz CT molecular complexity index is 435. The van der Waals surface area contributed by atoms with Gasteiger partial charge in [0.05, 0.1) is 7.59 Å². The van der Waals surface area contributed by atoms with E-state index in [2.05, 4.69) is 26.2 Å². The van der Waals surface area contributed by atoms with Gasteiger partial charge in [0.1, 0.15) is 5.75 Å². The first kappa shape index (κ1) is 13.6. The van der Waals surface area contributed by atoms with Crippen LogP contribution in [0.15, 0.2) is 24.3 Å². The van der Waals surface area contributed by atoms with E-state index in [9.17, 15) is 0 Å². The van der Waals surface area contributed by atoms with E-state index in [4.69, 9.17) is 14.9 Å². The summed E-state index contributed by atoms with van der Waals surface area (Å²) in [6.45, 7) is 9.54. The van der Waals surface area contributed by atoms with Crippen LogP contribution >= 0.6 is 0 Å². The van der Waals surface area contributed by atoms with Crippen molar-refractivity contribution in [2.75, 3.05) is 5.73 Å². The summed E-state index contributed by atoms with van der Waals surface area (Å²) < 4.78 is 12.2. The lowest BCUT2D eigenvalue weighted by atomic mass is 10.3. The van der Waals surface area contributed by atoms with E-state index < -0.39 is 15.4 Å². The Labute approximate surface area is 111 Å². The van der Waals surface area contributed by atoms with E-state index in [1.54, 1.807) is 0 Å². The Hall–Kier alpha value is -0.786. The number of benzene rings is 1. The topological polar surface area (TPSA) is 44.5 Å². The van der Waals surface area contributed by atoms with Crippen LogP contribution in [0.1, 0.15) is 6.42 Å². The van der Waals surface area contributed by atoms with E-state index >= 15 is 0 Å². The maximum absolute atomic E-state index is 6.27. The highest BCUT2D eigenvalue weighted by Gasteiger charge is 2.48. The lowest BCUT2D eigenvalue weighted by Crippen LogP contribution is -2.62. The van der Waals surface area contributed by atoms with Gasteiger partial charge in [-0.2, -0.15) is 0 Å². The Morgan fingerprint density at radius 2 is 2.00 bits per heavy atom. The summed E-state index contributed by atoms with van der Waals surface area (Å²) in [5.41, 5.74) is 6.49. The van der Waals surface area contributed by atoms with Gasteiger partial charge in [0, 0.05) is 18.2 Å². The van der Waals surface area contributed by atoms with Crippen molar-refractivity contribution in [3.63, 3.8) is 0 Å². The number of nitrogens with two attached hydrogens (primary N) is 1. The molecule has 1 aromatic rings. The van der Waals surface area contributed by atoms with Crippen molar-refractivity contribution >= 4 is 21.1 Å². The fourth-order valence-corrected chi connectivity index (χ4v) is 8.44. The van der Waals surface area contributed by atoms with Crippen molar-refractivity contribution in [3.05, 3.63) is 24.3 Å². The van der Waals surface area contributed by atoms with Crippen molar-refractivity contribution in [1.29, 1.82) is 0 Å². The van der Waals surface area contributed by atoms with Gasteiger partial charge in [0.2, 0.25) is 0 Å². The second-order valence-electron chi connectivity index (χ2n) is 6.17. The average molecular weight is 282 g/mol. The number of hydrogen-bond acceptors (Lipinski definition) is 3. The summed E-state index contributed by atoms with van der Waals surface area (Å²) >= 11 is 0. The quantitative estimate of drug-likeness (QED) is 0.667. The second kappa shape index (κ2) is 4.71. The van der Waals surface area contributed by atoms with Gasteiger partial charge < -0.3 is 14.9 Å². The Balaban J connectivity index is 2.05. The molecule has 1 aromatic carbocycles. The zero-order chi connectivity index (χ0) is 13.4. The normalized spacial score (nSPS) is 25.7. The fraction of sp³-hybridized carbons (Fsp3) is 0.538. The van der Waals surface area contributed by atoms with Crippen molar-refractivity contribution in [2.45, 2.75) is 44.9 Å². The van der Waals surface area contributed by atoms with Crippen molar-refractivity contribution < 1.29 is 9.16 Å². The molecule has 1 unspecified atom stereocenters. The zero-order valence-corrected chi connectivity index (χ0v) is 13.7. The third kappa shape index (κ3) is 2.79. The monoisotopic (exact) mass is 281 g/mol. The van der Waals surface area contributed by atoms with Crippen LogP contribution in [0.2, 0.25) is 32.2 Å². The van der Waals surface area contributed by atoms with Crippen LogP contribution in [-0.2, 0) is 4.43 Å². The second-order valence-corrected chi connectivity index (χ2v) is 21.4. The van der Waals surface area contributed by atoms with Crippen LogP contribution in [0.5, 0.6) is 5.75 Å². The summed E-state index contributed by atoms with van der Waals surface area (Å²) in [5, 5.41) is 0. The highest BCUT2D eigenvalue weighted by Crippen LogP contribution is 2.34. The van der Waals surface area contributed by atoms with Crippen LogP contribution in [0.3, 0.4) is 0 Å². The van der Waals surface area contributed by atoms with E-state index in [1.807, 2.05) is 24.3 Å². The molecule has 3 nitrogen and oxygen atoms in total. The minimum Gasteiger partial charge on any atom is -0.466 e. The first-order chi connectivity index (χ1) is 8.30. The molecule has 0 aliphatic carbocycles. The maximum Gasteiger partial charge on any atom is 0.190 e. The third-order valence-electron chi connectivity index (χ3n) is 4.19. The molecule has 0 radical (unpaired) electrons. The lowest BCUT2D eigenvalue weighted by molar-refractivity contribution is -0.00558. The zero-order valence-electron chi connectivity index (χ0n) is 11.7. The van der Waals surface area contributed by atoms with Crippen LogP contribution in [0, 0.1) is 0 Å². The predicted molar refractivity (Wildman–Crippen MR) is 80.7 cm³/mol. The minimum absolute atomic E-state index is 0.0889. The van der Waals surface area contributed by atoms with Crippen molar-refractivity contribution in [3.8, 4) is 5.75 Å². The molecule has 100 valence electrons. The minimum atomic E-state index is -1.57. The van der Waals surface area contributed by atoms with Crippen molar-refractivity contribution in [1.82, 2.24) is 0 Å². The Morgan fingerprint density at radius 3 is 2.61 bits per heavy atom. The van der Waals surface area contributed by atoms with Crippen LogP contribution in [0.25, 0.3) is 0 Å². The van der Waals surface area contributed by atoms with Gasteiger partial charge >= 0.3 is 0 Å². The van der Waals surface area contributed by atoms with E-state index in [1.165, 1.54) is 6.04 Å².